The lowest BCUT2D eigenvalue weighted by Crippen LogP contribution is -2.50. The third-order valence-corrected chi connectivity index (χ3v) is 5.54. The first-order valence-electron chi connectivity index (χ1n) is 9.62. The van der Waals surface area contributed by atoms with Crippen LogP contribution in [0.25, 0.3) is 0 Å². The number of nitrogens with zero attached hydrogens (tertiary/aromatic N) is 3. The molecule has 0 aromatic heterocycles. The molecule has 0 aromatic carbocycles. The molecule has 3 amide bonds. The van der Waals surface area contributed by atoms with Crippen LogP contribution in [-0.4, -0.2) is 92.2 Å². The fraction of sp³-hybridized carbons (Fsp3) is 0.889. The summed E-state index contributed by atoms with van der Waals surface area (Å²) in [6.07, 6.45) is 2.63. The van der Waals surface area contributed by atoms with Crippen LogP contribution in [0.2, 0.25) is 0 Å². The zero-order valence-electron chi connectivity index (χ0n) is 16.0. The molecule has 0 aliphatic carbocycles. The van der Waals surface area contributed by atoms with Crippen molar-refractivity contribution in [3.8, 4) is 0 Å². The number of nitrogens with one attached hydrogen (secondary N) is 1. The highest BCUT2D eigenvalue weighted by Gasteiger charge is 2.30. The summed E-state index contributed by atoms with van der Waals surface area (Å²) in [4.78, 5) is 30.8. The van der Waals surface area contributed by atoms with Crippen molar-refractivity contribution in [2.45, 2.75) is 39.2 Å². The van der Waals surface area contributed by atoms with Crippen LogP contribution in [-0.2, 0) is 9.53 Å². The Hall–Kier alpha value is -1.34. The number of hydrogen-bond acceptors (Lipinski definition) is 4. The molecular weight excluding hydrogens is 320 g/mol. The molecule has 2 aliphatic rings. The average molecular weight is 354 g/mol. The molecule has 0 saturated carbocycles. The van der Waals surface area contributed by atoms with Gasteiger partial charge in [0.25, 0.3) is 0 Å². The number of carbonyl (C=O) groups excluding carboxylic acids is 2. The van der Waals surface area contributed by atoms with Crippen molar-refractivity contribution in [2.24, 2.45) is 5.92 Å². The normalized spacial score (nSPS) is 20.6. The Morgan fingerprint density at radius 1 is 1.16 bits per heavy atom. The smallest absolute Gasteiger partial charge is 0.317 e. The lowest BCUT2D eigenvalue weighted by molar-refractivity contribution is -0.141. The van der Waals surface area contributed by atoms with Gasteiger partial charge in [0.05, 0.1) is 13.2 Å². The molecule has 25 heavy (non-hydrogen) atoms. The Labute approximate surface area is 151 Å². The zero-order chi connectivity index (χ0) is 18.2. The van der Waals surface area contributed by atoms with Crippen LogP contribution in [0.3, 0.4) is 0 Å². The maximum absolute atomic E-state index is 12.5. The Morgan fingerprint density at radius 3 is 2.40 bits per heavy atom. The summed E-state index contributed by atoms with van der Waals surface area (Å²) in [5.74, 6) is 0.289. The summed E-state index contributed by atoms with van der Waals surface area (Å²) in [6, 6.07) is 0.522. The minimum atomic E-state index is -0.00479. The molecule has 0 aromatic rings. The van der Waals surface area contributed by atoms with E-state index in [1.54, 1.807) is 0 Å². The SMILES string of the molecule is CCC(C)N(C)CCNC(=O)N1CCC(C(=O)N2CCOCC2)CC1. The van der Waals surface area contributed by atoms with Crippen molar-refractivity contribution >= 4 is 11.9 Å². The zero-order valence-corrected chi connectivity index (χ0v) is 16.0. The summed E-state index contributed by atoms with van der Waals surface area (Å²) in [6.45, 7) is 9.86. The number of likely N-dealkylation sites (N-methyl/N-ethyl adjacent to an activating group) is 1. The van der Waals surface area contributed by atoms with Gasteiger partial charge in [0, 0.05) is 51.2 Å². The first kappa shape index (κ1) is 20.0. The molecule has 7 heteroatoms. The van der Waals surface area contributed by atoms with Crippen LogP contribution < -0.4 is 5.32 Å². The molecule has 0 bridgehead atoms. The van der Waals surface area contributed by atoms with E-state index >= 15 is 0 Å². The van der Waals surface area contributed by atoms with Crippen LogP contribution in [0.1, 0.15) is 33.1 Å². The molecule has 7 nitrogen and oxygen atoms in total. The fourth-order valence-electron chi connectivity index (χ4n) is 3.35. The summed E-state index contributed by atoms with van der Waals surface area (Å²) >= 11 is 0. The van der Waals surface area contributed by atoms with Gasteiger partial charge < -0.3 is 24.8 Å². The molecule has 1 N–H and O–H groups in total. The minimum absolute atomic E-state index is 0.00479. The maximum Gasteiger partial charge on any atom is 0.317 e. The Balaban J connectivity index is 1.67. The second kappa shape index (κ2) is 9.97. The predicted molar refractivity (Wildman–Crippen MR) is 97.5 cm³/mol. The Kier molecular flexibility index (Phi) is 7.96. The number of amides is 3. The Morgan fingerprint density at radius 2 is 1.80 bits per heavy atom. The van der Waals surface area contributed by atoms with Gasteiger partial charge in [-0.25, -0.2) is 4.79 Å². The van der Waals surface area contributed by atoms with Crippen molar-refractivity contribution < 1.29 is 14.3 Å². The molecule has 2 aliphatic heterocycles. The van der Waals surface area contributed by atoms with Gasteiger partial charge in [0.2, 0.25) is 5.91 Å². The van der Waals surface area contributed by atoms with Crippen molar-refractivity contribution in [1.29, 1.82) is 0 Å². The van der Waals surface area contributed by atoms with E-state index < -0.39 is 0 Å². The van der Waals surface area contributed by atoms with Gasteiger partial charge in [-0.3, -0.25) is 4.79 Å². The summed E-state index contributed by atoms with van der Waals surface area (Å²) in [7, 11) is 2.09. The number of rotatable bonds is 6. The third-order valence-electron chi connectivity index (χ3n) is 5.54. The van der Waals surface area contributed by atoms with Gasteiger partial charge in [-0.1, -0.05) is 6.92 Å². The lowest BCUT2D eigenvalue weighted by Gasteiger charge is -2.35. The number of ether oxygens (including phenoxy) is 1. The molecule has 1 unspecified atom stereocenters. The molecule has 2 rings (SSSR count). The van der Waals surface area contributed by atoms with Crippen LogP contribution >= 0.6 is 0 Å². The third kappa shape index (κ3) is 5.85. The quantitative estimate of drug-likeness (QED) is 0.773. The van der Waals surface area contributed by atoms with E-state index in [2.05, 4.69) is 31.1 Å². The van der Waals surface area contributed by atoms with E-state index in [1.807, 2.05) is 9.80 Å². The highest BCUT2D eigenvalue weighted by molar-refractivity contribution is 5.80. The second-order valence-electron chi connectivity index (χ2n) is 7.17. The number of urea groups is 1. The van der Waals surface area contributed by atoms with Gasteiger partial charge in [-0.15, -0.1) is 0 Å². The molecule has 144 valence electrons. The van der Waals surface area contributed by atoms with Crippen LogP contribution in [0.4, 0.5) is 4.79 Å². The van der Waals surface area contributed by atoms with E-state index in [0.29, 0.717) is 52.0 Å². The van der Waals surface area contributed by atoms with Gasteiger partial charge >= 0.3 is 6.03 Å². The highest BCUT2D eigenvalue weighted by atomic mass is 16.5. The van der Waals surface area contributed by atoms with Crippen molar-refractivity contribution in [3.05, 3.63) is 0 Å². The van der Waals surface area contributed by atoms with Crippen LogP contribution in [0, 0.1) is 5.92 Å². The van der Waals surface area contributed by atoms with Gasteiger partial charge in [0.15, 0.2) is 0 Å². The summed E-state index contributed by atoms with van der Waals surface area (Å²) in [5, 5.41) is 3.00. The fourth-order valence-corrected chi connectivity index (χ4v) is 3.35. The summed E-state index contributed by atoms with van der Waals surface area (Å²) < 4.78 is 5.30. The molecule has 2 fully saturated rings. The largest absolute Gasteiger partial charge is 0.378 e. The van der Waals surface area contributed by atoms with Crippen LogP contribution in [0.15, 0.2) is 0 Å². The molecule has 2 saturated heterocycles. The molecule has 0 radical (unpaired) electrons. The first-order valence-corrected chi connectivity index (χ1v) is 9.62. The highest BCUT2D eigenvalue weighted by Crippen LogP contribution is 2.20. The molecule has 2 heterocycles. The Bertz CT molecular complexity index is 432. The first-order chi connectivity index (χ1) is 12.0. The molecular formula is C18H34N4O3. The monoisotopic (exact) mass is 354 g/mol. The molecule has 1 atom stereocenters. The minimum Gasteiger partial charge on any atom is -0.378 e. The van der Waals surface area contributed by atoms with E-state index in [1.165, 1.54) is 0 Å². The standard InChI is InChI=1S/C18H34N4O3/c1-4-15(2)20(3)10-7-19-18(24)22-8-5-16(6-9-22)17(23)21-11-13-25-14-12-21/h15-16H,4-14H2,1-3H3,(H,19,24). The maximum atomic E-state index is 12.5. The number of piperidine rings is 1. The number of morpholine rings is 1. The van der Waals surface area contributed by atoms with Gasteiger partial charge in [-0.2, -0.15) is 0 Å². The molecule has 0 spiro atoms. The van der Waals surface area contributed by atoms with Crippen molar-refractivity contribution in [2.75, 3.05) is 59.5 Å². The van der Waals surface area contributed by atoms with E-state index in [-0.39, 0.29) is 17.9 Å². The van der Waals surface area contributed by atoms with Crippen LogP contribution in [0.5, 0.6) is 0 Å². The predicted octanol–water partition coefficient (Wildman–Crippen LogP) is 0.997. The average Bonchev–Trinajstić information content (AvgIpc) is 2.67. The van der Waals surface area contributed by atoms with Crippen molar-refractivity contribution in [1.82, 2.24) is 20.0 Å². The topological polar surface area (TPSA) is 65.1 Å². The number of hydrogen-bond donors (Lipinski definition) is 1. The van der Waals surface area contributed by atoms with Gasteiger partial charge in [-0.05, 0) is 33.2 Å². The van der Waals surface area contributed by atoms with Gasteiger partial charge in [0.1, 0.15) is 0 Å². The second-order valence-corrected chi connectivity index (χ2v) is 7.17. The van der Waals surface area contributed by atoms with E-state index in [9.17, 15) is 9.59 Å². The lowest BCUT2D eigenvalue weighted by atomic mass is 9.95. The summed E-state index contributed by atoms with van der Waals surface area (Å²) in [5.41, 5.74) is 0. The van der Waals surface area contributed by atoms with E-state index in [0.717, 1.165) is 25.8 Å². The number of carbonyl (C=O) groups is 2. The van der Waals surface area contributed by atoms with E-state index in [4.69, 9.17) is 4.74 Å². The van der Waals surface area contributed by atoms with Crippen molar-refractivity contribution in [3.63, 3.8) is 0 Å². The number of likely N-dealkylation sites (tertiary alicyclic amines) is 1.